The van der Waals surface area contributed by atoms with Gasteiger partial charge in [-0.1, -0.05) is 107 Å². The molecule has 0 radical (unpaired) electrons. The van der Waals surface area contributed by atoms with Crippen LogP contribution in [-0.2, 0) is 28.5 Å². The average molecular weight is 681 g/mol. The molecule has 10 nitrogen and oxygen atoms in total. The minimum Gasteiger partial charge on any atom is -0.462 e. The van der Waals surface area contributed by atoms with Crippen LogP contribution < -0.4 is 0 Å². The van der Waals surface area contributed by atoms with Gasteiger partial charge in [-0.3, -0.25) is 9.59 Å². The number of aliphatic hydroxyl groups excluding tert-OH is 4. The van der Waals surface area contributed by atoms with Crippen molar-refractivity contribution in [1.29, 1.82) is 0 Å². The van der Waals surface area contributed by atoms with Gasteiger partial charge in [0, 0.05) is 12.8 Å². The lowest BCUT2D eigenvalue weighted by atomic mass is 9.99. The maximum atomic E-state index is 12.6. The van der Waals surface area contributed by atoms with Crippen molar-refractivity contribution in [3.8, 4) is 0 Å². The normalized spacial score (nSPS) is 22.3. The number of esters is 2. The molecule has 1 aliphatic heterocycles. The zero-order chi connectivity index (χ0) is 35.2. The van der Waals surface area contributed by atoms with Crippen LogP contribution in [-0.4, -0.2) is 89.0 Å². The number of carbonyl (C=O) groups excluding carboxylic acids is 2. The van der Waals surface area contributed by atoms with E-state index in [-0.39, 0.29) is 26.1 Å². The van der Waals surface area contributed by atoms with Gasteiger partial charge in [-0.15, -0.1) is 0 Å². The number of unbranched alkanes of at least 4 members (excludes halogenated alkanes) is 9. The van der Waals surface area contributed by atoms with Gasteiger partial charge in [0.2, 0.25) is 0 Å². The smallest absolute Gasteiger partial charge is 0.306 e. The van der Waals surface area contributed by atoms with E-state index in [4.69, 9.17) is 18.9 Å². The summed E-state index contributed by atoms with van der Waals surface area (Å²) in [5, 5.41) is 39.7. The Labute approximate surface area is 288 Å². The Morgan fingerprint density at radius 2 is 1.23 bits per heavy atom. The highest BCUT2D eigenvalue weighted by Crippen LogP contribution is 2.22. The fraction of sp³-hybridized carbons (Fsp3) is 0.737. The average Bonchev–Trinajstić information content (AvgIpc) is 3.08. The summed E-state index contributed by atoms with van der Waals surface area (Å²) in [6, 6.07) is 0. The van der Waals surface area contributed by atoms with E-state index in [1.807, 2.05) is 0 Å². The van der Waals surface area contributed by atoms with Gasteiger partial charge in [0.15, 0.2) is 12.4 Å². The summed E-state index contributed by atoms with van der Waals surface area (Å²) in [4.78, 5) is 24.8. The molecule has 0 aromatic rings. The second-order valence-electron chi connectivity index (χ2n) is 12.3. The van der Waals surface area contributed by atoms with Crippen molar-refractivity contribution in [3.05, 3.63) is 48.6 Å². The highest BCUT2D eigenvalue weighted by molar-refractivity contribution is 5.70. The Balaban J connectivity index is 2.32. The van der Waals surface area contributed by atoms with E-state index < -0.39 is 55.4 Å². The molecule has 1 saturated heterocycles. The predicted molar refractivity (Wildman–Crippen MR) is 187 cm³/mol. The molecule has 0 spiro atoms. The summed E-state index contributed by atoms with van der Waals surface area (Å²) in [6.07, 6.45) is 24.7. The van der Waals surface area contributed by atoms with Gasteiger partial charge in [0.05, 0.1) is 13.2 Å². The van der Waals surface area contributed by atoms with Crippen molar-refractivity contribution >= 4 is 11.9 Å². The summed E-state index contributed by atoms with van der Waals surface area (Å²) in [6.45, 7) is 3.12. The minimum absolute atomic E-state index is 0.212. The first-order chi connectivity index (χ1) is 23.3. The van der Waals surface area contributed by atoms with Gasteiger partial charge in [-0.25, -0.2) is 0 Å². The van der Waals surface area contributed by atoms with Crippen LogP contribution in [0.3, 0.4) is 0 Å². The molecule has 4 N–H and O–H groups in total. The predicted octanol–water partition coefficient (Wildman–Crippen LogP) is 6.15. The highest BCUT2D eigenvalue weighted by Gasteiger charge is 2.44. The van der Waals surface area contributed by atoms with Gasteiger partial charge in [-0.05, 0) is 51.4 Å². The standard InChI is InChI=1S/C38H64O10/c1-3-5-7-9-10-11-12-13-14-15-16-17-18-19-20-21-22-23-25-27-34(41)47-31(29-45-33(40)26-24-8-6-4-2)30-46-38-37(44)36(43)35(42)32(28-39)48-38/h5,7,10-11,13-14,16-17,31-32,35-39,42-44H,3-4,6,8-9,12,15,18-30H2,1-2H3/b7-5-,11-10-,14-13-,17-16-. The molecule has 0 aromatic carbocycles. The lowest BCUT2D eigenvalue weighted by Crippen LogP contribution is -2.59. The number of rotatable bonds is 28. The summed E-state index contributed by atoms with van der Waals surface area (Å²) in [7, 11) is 0. The van der Waals surface area contributed by atoms with Crippen molar-refractivity contribution in [2.75, 3.05) is 19.8 Å². The SMILES string of the molecule is CC/C=C\C/C=C\C/C=C\C/C=C\CCCCCCCCC(=O)OC(COC(=O)CCCCCC)COC1OC(CO)C(O)C(O)C1O. The molecule has 1 aliphatic rings. The van der Waals surface area contributed by atoms with Crippen LogP contribution in [0.15, 0.2) is 48.6 Å². The fourth-order valence-electron chi connectivity index (χ4n) is 5.06. The zero-order valence-electron chi connectivity index (χ0n) is 29.5. The Bertz CT molecular complexity index is 928. The maximum Gasteiger partial charge on any atom is 0.306 e. The number of carbonyl (C=O) groups is 2. The number of aliphatic hydroxyl groups is 4. The lowest BCUT2D eigenvalue weighted by Gasteiger charge is -2.39. The van der Waals surface area contributed by atoms with Gasteiger partial charge in [0.25, 0.3) is 0 Å². The van der Waals surface area contributed by atoms with Crippen LogP contribution in [0.5, 0.6) is 0 Å². The molecule has 10 heteroatoms. The summed E-state index contributed by atoms with van der Waals surface area (Å²) >= 11 is 0. The van der Waals surface area contributed by atoms with Gasteiger partial charge >= 0.3 is 11.9 Å². The van der Waals surface area contributed by atoms with Crippen LogP contribution in [0.2, 0.25) is 0 Å². The van der Waals surface area contributed by atoms with Crippen molar-refractivity contribution < 1.29 is 49.0 Å². The monoisotopic (exact) mass is 680 g/mol. The van der Waals surface area contributed by atoms with Crippen LogP contribution in [0.25, 0.3) is 0 Å². The first kappa shape index (κ1) is 43.7. The molecule has 276 valence electrons. The van der Waals surface area contributed by atoms with E-state index in [0.717, 1.165) is 83.5 Å². The van der Waals surface area contributed by atoms with Gasteiger partial charge in [0.1, 0.15) is 31.0 Å². The molecule has 0 bridgehead atoms. The Morgan fingerprint density at radius 3 is 1.85 bits per heavy atom. The maximum absolute atomic E-state index is 12.6. The number of ether oxygens (including phenoxy) is 4. The van der Waals surface area contributed by atoms with Crippen molar-refractivity contribution in [3.63, 3.8) is 0 Å². The van der Waals surface area contributed by atoms with E-state index in [9.17, 15) is 30.0 Å². The molecule has 0 aromatic heterocycles. The molecule has 1 heterocycles. The molecular formula is C38H64O10. The van der Waals surface area contributed by atoms with E-state index in [1.165, 1.54) is 0 Å². The Kier molecular flexibility index (Phi) is 26.9. The Hall–Kier alpha value is -2.34. The van der Waals surface area contributed by atoms with Gasteiger partial charge in [-0.2, -0.15) is 0 Å². The molecule has 0 aliphatic carbocycles. The third kappa shape index (κ3) is 21.6. The number of hydrogen-bond donors (Lipinski definition) is 4. The summed E-state index contributed by atoms with van der Waals surface area (Å²) < 4.78 is 21.8. The third-order valence-electron chi connectivity index (χ3n) is 7.98. The van der Waals surface area contributed by atoms with Gasteiger partial charge < -0.3 is 39.4 Å². The van der Waals surface area contributed by atoms with E-state index in [1.54, 1.807) is 0 Å². The van der Waals surface area contributed by atoms with Crippen LogP contribution in [0.4, 0.5) is 0 Å². The summed E-state index contributed by atoms with van der Waals surface area (Å²) in [5.74, 6) is -0.849. The zero-order valence-corrected chi connectivity index (χ0v) is 29.5. The van der Waals surface area contributed by atoms with E-state index in [0.29, 0.717) is 12.8 Å². The fourth-order valence-corrected chi connectivity index (χ4v) is 5.06. The number of hydrogen-bond acceptors (Lipinski definition) is 10. The van der Waals surface area contributed by atoms with Crippen LogP contribution >= 0.6 is 0 Å². The third-order valence-corrected chi connectivity index (χ3v) is 7.98. The molecule has 0 saturated carbocycles. The Morgan fingerprint density at radius 1 is 0.667 bits per heavy atom. The molecule has 48 heavy (non-hydrogen) atoms. The first-order valence-electron chi connectivity index (χ1n) is 18.2. The van der Waals surface area contributed by atoms with Crippen molar-refractivity contribution in [1.82, 2.24) is 0 Å². The second-order valence-corrected chi connectivity index (χ2v) is 12.3. The van der Waals surface area contributed by atoms with Crippen molar-refractivity contribution in [2.45, 2.75) is 160 Å². The van der Waals surface area contributed by atoms with Crippen molar-refractivity contribution in [2.24, 2.45) is 0 Å². The van der Waals surface area contributed by atoms with E-state index >= 15 is 0 Å². The largest absolute Gasteiger partial charge is 0.462 e. The molecule has 6 atom stereocenters. The molecule has 6 unspecified atom stereocenters. The quantitative estimate of drug-likeness (QED) is 0.0430. The minimum atomic E-state index is -1.59. The molecule has 0 amide bonds. The van der Waals surface area contributed by atoms with Crippen LogP contribution in [0.1, 0.15) is 123 Å². The second kappa shape index (κ2) is 29.6. The number of allylic oxidation sites excluding steroid dienone is 8. The molecule has 1 rings (SSSR count). The summed E-state index contributed by atoms with van der Waals surface area (Å²) in [5.41, 5.74) is 0. The van der Waals surface area contributed by atoms with E-state index in [2.05, 4.69) is 62.5 Å². The first-order valence-corrected chi connectivity index (χ1v) is 18.2. The highest BCUT2D eigenvalue weighted by atomic mass is 16.7. The molecular weight excluding hydrogens is 616 g/mol. The topological polar surface area (TPSA) is 152 Å². The van der Waals surface area contributed by atoms with Crippen LogP contribution in [0, 0.1) is 0 Å². The molecule has 1 fully saturated rings. The lowest BCUT2D eigenvalue weighted by molar-refractivity contribution is -0.305.